The van der Waals surface area contributed by atoms with E-state index in [1.807, 2.05) is 18.2 Å². The summed E-state index contributed by atoms with van der Waals surface area (Å²) in [5.41, 5.74) is 2.94. The van der Waals surface area contributed by atoms with Gasteiger partial charge in [-0.1, -0.05) is 30.3 Å². The second kappa shape index (κ2) is 8.09. The Morgan fingerprint density at radius 3 is 1.81 bits per heavy atom. The molecule has 0 saturated heterocycles. The monoisotopic (exact) mass is 346 g/mol. The molecule has 0 aliphatic rings. The van der Waals surface area contributed by atoms with Gasteiger partial charge in [-0.2, -0.15) is 0 Å². The first-order valence-electron chi connectivity index (χ1n) is 8.13. The van der Waals surface area contributed by atoms with Crippen LogP contribution in [-0.2, 0) is 6.61 Å². The van der Waals surface area contributed by atoms with Gasteiger partial charge in [0, 0.05) is 22.5 Å². The van der Waals surface area contributed by atoms with Crippen LogP contribution in [0.2, 0.25) is 0 Å². The van der Waals surface area contributed by atoms with Crippen molar-refractivity contribution in [1.82, 2.24) is 0 Å². The number of carbonyl (C=O) groups excluding carboxylic acids is 2. The van der Waals surface area contributed by atoms with Crippen molar-refractivity contribution in [2.75, 3.05) is 10.6 Å². The molecule has 3 aromatic rings. The number of hydrogen-bond acceptors (Lipinski definition) is 3. The van der Waals surface area contributed by atoms with Gasteiger partial charge in [0.1, 0.15) is 0 Å². The Hall–Kier alpha value is -3.44. The van der Waals surface area contributed by atoms with Crippen LogP contribution < -0.4 is 10.6 Å². The molecule has 0 spiro atoms. The summed E-state index contributed by atoms with van der Waals surface area (Å²) in [5.74, 6) is -0.520. The van der Waals surface area contributed by atoms with Crippen LogP contribution in [0.3, 0.4) is 0 Å². The smallest absolute Gasteiger partial charge is 0.255 e. The molecule has 2 amide bonds. The van der Waals surface area contributed by atoms with Crippen LogP contribution in [0.15, 0.2) is 78.9 Å². The molecule has 0 radical (unpaired) electrons. The van der Waals surface area contributed by atoms with Crippen molar-refractivity contribution in [3.63, 3.8) is 0 Å². The number of carbonyl (C=O) groups is 2. The Labute approximate surface area is 151 Å². The molecule has 3 rings (SSSR count). The Balaban J connectivity index is 1.66. The zero-order valence-corrected chi connectivity index (χ0v) is 14.0. The fraction of sp³-hybridized carbons (Fsp3) is 0.0476. The summed E-state index contributed by atoms with van der Waals surface area (Å²) in [7, 11) is 0. The molecule has 5 nitrogen and oxygen atoms in total. The van der Waals surface area contributed by atoms with Gasteiger partial charge in [0.25, 0.3) is 11.8 Å². The van der Waals surface area contributed by atoms with E-state index < -0.39 is 0 Å². The van der Waals surface area contributed by atoms with Gasteiger partial charge >= 0.3 is 0 Å². The quantitative estimate of drug-likeness (QED) is 0.659. The lowest BCUT2D eigenvalue weighted by Crippen LogP contribution is -2.14. The van der Waals surface area contributed by atoms with Crippen molar-refractivity contribution in [1.29, 1.82) is 0 Å². The Morgan fingerprint density at radius 1 is 0.692 bits per heavy atom. The molecule has 0 saturated carbocycles. The molecule has 0 unspecified atom stereocenters. The molecule has 0 atom stereocenters. The van der Waals surface area contributed by atoms with E-state index in [0.717, 1.165) is 5.56 Å². The van der Waals surface area contributed by atoms with Gasteiger partial charge in [0.2, 0.25) is 0 Å². The van der Waals surface area contributed by atoms with Crippen molar-refractivity contribution in [3.8, 4) is 0 Å². The summed E-state index contributed by atoms with van der Waals surface area (Å²) in [5, 5.41) is 14.7. The minimum atomic E-state index is -0.282. The fourth-order valence-electron chi connectivity index (χ4n) is 2.45. The van der Waals surface area contributed by atoms with Gasteiger partial charge in [-0.3, -0.25) is 9.59 Å². The third kappa shape index (κ3) is 4.34. The Morgan fingerprint density at radius 2 is 1.23 bits per heavy atom. The highest BCUT2D eigenvalue weighted by molar-refractivity contribution is 6.07. The van der Waals surface area contributed by atoms with Crippen LogP contribution in [0.1, 0.15) is 26.3 Å². The average molecular weight is 346 g/mol. The number of amides is 2. The Bertz CT molecular complexity index is 906. The molecule has 3 N–H and O–H groups in total. The van der Waals surface area contributed by atoms with Gasteiger partial charge < -0.3 is 15.7 Å². The van der Waals surface area contributed by atoms with E-state index in [4.69, 9.17) is 5.11 Å². The van der Waals surface area contributed by atoms with E-state index in [-0.39, 0.29) is 18.4 Å². The van der Waals surface area contributed by atoms with E-state index in [2.05, 4.69) is 10.6 Å². The van der Waals surface area contributed by atoms with Crippen molar-refractivity contribution < 1.29 is 14.7 Å². The zero-order valence-electron chi connectivity index (χ0n) is 14.0. The van der Waals surface area contributed by atoms with Gasteiger partial charge in [-0.05, 0) is 54.1 Å². The number of aliphatic hydroxyl groups is 1. The van der Waals surface area contributed by atoms with Crippen molar-refractivity contribution in [3.05, 3.63) is 95.6 Å². The van der Waals surface area contributed by atoms with E-state index in [0.29, 0.717) is 22.5 Å². The van der Waals surface area contributed by atoms with Crippen LogP contribution in [0, 0.1) is 0 Å². The van der Waals surface area contributed by atoms with Gasteiger partial charge in [-0.15, -0.1) is 0 Å². The summed E-state index contributed by atoms with van der Waals surface area (Å²) in [6.45, 7) is -0.0884. The number of rotatable bonds is 5. The summed E-state index contributed by atoms with van der Waals surface area (Å²) < 4.78 is 0. The molecule has 3 aromatic carbocycles. The largest absolute Gasteiger partial charge is 0.392 e. The SMILES string of the molecule is O=C(Nc1ccccc1)c1ccc(C(=O)Nc2cccc(CO)c2)cc1. The number of aliphatic hydroxyl groups excluding tert-OH is 1. The molecule has 0 aliphatic carbocycles. The van der Waals surface area contributed by atoms with E-state index in [9.17, 15) is 9.59 Å². The summed E-state index contributed by atoms with van der Waals surface area (Å²) in [4.78, 5) is 24.5. The standard InChI is InChI=1S/C21H18N2O3/c24-14-15-5-4-8-19(13-15)23-21(26)17-11-9-16(10-12-17)20(25)22-18-6-2-1-3-7-18/h1-13,24H,14H2,(H,22,25)(H,23,26). The second-order valence-electron chi connectivity index (χ2n) is 5.71. The number of nitrogens with one attached hydrogen (secondary N) is 2. The predicted octanol–water partition coefficient (Wildman–Crippen LogP) is 3.68. The topological polar surface area (TPSA) is 78.4 Å². The van der Waals surface area contributed by atoms with Gasteiger partial charge in [-0.25, -0.2) is 0 Å². The van der Waals surface area contributed by atoms with E-state index in [1.54, 1.807) is 60.7 Å². The zero-order chi connectivity index (χ0) is 18.4. The fourth-order valence-corrected chi connectivity index (χ4v) is 2.45. The molecule has 5 heteroatoms. The Kier molecular flexibility index (Phi) is 5.41. The summed E-state index contributed by atoms with van der Waals surface area (Å²) in [6, 6.07) is 22.6. The highest BCUT2D eigenvalue weighted by Gasteiger charge is 2.10. The highest BCUT2D eigenvalue weighted by Crippen LogP contribution is 2.14. The van der Waals surface area contributed by atoms with Crippen LogP contribution in [-0.4, -0.2) is 16.9 Å². The van der Waals surface area contributed by atoms with Crippen molar-refractivity contribution >= 4 is 23.2 Å². The van der Waals surface area contributed by atoms with E-state index in [1.165, 1.54) is 0 Å². The van der Waals surface area contributed by atoms with Crippen LogP contribution in [0.25, 0.3) is 0 Å². The molecular weight excluding hydrogens is 328 g/mol. The molecule has 130 valence electrons. The first-order valence-corrected chi connectivity index (χ1v) is 8.13. The minimum Gasteiger partial charge on any atom is -0.392 e. The number of para-hydroxylation sites is 1. The average Bonchev–Trinajstić information content (AvgIpc) is 2.69. The number of hydrogen-bond donors (Lipinski definition) is 3. The third-order valence-corrected chi connectivity index (χ3v) is 3.81. The van der Waals surface area contributed by atoms with Crippen LogP contribution >= 0.6 is 0 Å². The minimum absolute atomic E-state index is 0.0884. The summed E-state index contributed by atoms with van der Waals surface area (Å²) >= 11 is 0. The molecule has 0 heterocycles. The number of anilines is 2. The number of benzene rings is 3. The van der Waals surface area contributed by atoms with Crippen LogP contribution in [0.4, 0.5) is 11.4 Å². The summed E-state index contributed by atoms with van der Waals surface area (Å²) in [6.07, 6.45) is 0. The van der Waals surface area contributed by atoms with Crippen molar-refractivity contribution in [2.45, 2.75) is 6.61 Å². The predicted molar refractivity (Wildman–Crippen MR) is 101 cm³/mol. The first kappa shape index (κ1) is 17.4. The third-order valence-electron chi connectivity index (χ3n) is 3.81. The second-order valence-corrected chi connectivity index (χ2v) is 5.71. The van der Waals surface area contributed by atoms with Crippen molar-refractivity contribution in [2.24, 2.45) is 0 Å². The normalized spacial score (nSPS) is 10.2. The molecule has 26 heavy (non-hydrogen) atoms. The van der Waals surface area contributed by atoms with Gasteiger partial charge in [0.15, 0.2) is 0 Å². The van der Waals surface area contributed by atoms with E-state index >= 15 is 0 Å². The lowest BCUT2D eigenvalue weighted by atomic mass is 10.1. The highest BCUT2D eigenvalue weighted by atomic mass is 16.3. The lowest BCUT2D eigenvalue weighted by molar-refractivity contribution is 0.101. The molecule has 0 aliphatic heterocycles. The van der Waals surface area contributed by atoms with Gasteiger partial charge in [0.05, 0.1) is 6.61 Å². The molecule has 0 fully saturated rings. The molecule has 0 bridgehead atoms. The molecular formula is C21H18N2O3. The maximum Gasteiger partial charge on any atom is 0.255 e. The van der Waals surface area contributed by atoms with Crippen LogP contribution in [0.5, 0.6) is 0 Å². The molecule has 0 aromatic heterocycles. The maximum atomic E-state index is 12.3. The maximum absolute atomic E-state index is 12.3. The lowest BCUT2D eigenvalue weighted by Gasteiger charge is -2.08. The first-order chi connectivity index (χ1) is 12.7.